The molecule has 1 aliphatic rings. The molecule has 0 radical (unpaired) electrons. The van der Waals surface area contributed by atoms with Crippen LogP contribution in [0.4, 0.5) is 0 Å². The average molecular weight is 305 g/mol. The number of carbonyl (C=O) groups is 3. The predicted molar refractivity (Wildman–Crippen MR) is 82.8 cm³/mol. The lowest BCUT2D eigenvalue weighted by Gasteiger charge is -2.13. The molecule has 0 N–H and O–H groups in total. The van der Waals surface area contributed by atoms with Gasteiger partial charge >= 0.3 is 5.97 Å². The van der Waals surface area contributed by atoms with E-state index in [0.717, 1.165) is 19.3 Å². The number of likely N-dealkylation sites (tertiary alicyclic amines) is 1. The third-order valence-electron chi connectivity index (χ3n) is 3.38. The maximum Gasteiger partial charge on any atom is 0.318 e. The van der Waals surface area contributed by atoms with Crippen molar-refractivity contribution in [3.63, 3.8) is 0 Å². The highest BCUT2D eigenvalue weighted by Gasteiger charge is 2.43. The molecule has 2 rings (SSSR count). The first-order valence-electron chi connectivity index (χ1n) is 7.53. The van der Waals surface area contributed by atoms with Gasteiger partial charge in [-0.05, 0) is 6.42 Å². The summed E-state index contributed by atoms with van der Waals surface area (Å²) in [4.78, 5) is 35.6. The van der Waals surface area contributed by atoms with Crippen molar-refractivity contribution in [1.29, 1.82) is 0 Å². The van der Waals surface area contributed by atoms with Crippen LogP contribution in [-0.2, 0) is 19.1 Å². The lowest BCUT2D eigenvalue weighted by Crippen LogP contribution is -2.33. The molecular weight excluding hydrogens is 282 g/mol. The number of imide groups is 1. The Morgan fingerprint density at radius 2 is 1.68 bits per heavy atom. The zero-order valence-electron chi connectivity index (χ0n) is 13.2. The van der Waals surface area contributed by atoms with Gasteiger partial charge in [0.15, 0.2) is 0 Å². The van der Waals surface area contributed by atoms with E-state index in [1.165, 1.54) is 12.0 Å². The van der Waals surface area contributed by atoms with E-state index in [9.17, 15) is 14.4 Å². The minimum absolute atomic E-state index is 0.0440. The second-order valence-electron chi connectivity index (χ2n) is 5.03. The smallest absolute Gasteiger partial charge is 0.318 e. The molecule has 5 heteroatoms. The van der Waals surface area contributed by atoms with Crippen LogP contribution < -0.4 is 0 Å². The largest absolute Gasteiger partial charge is 0.468 e. The van der Waals surface area contributed by atoms with Crippen LogP contribution in [-0.4, -0.2) is 36.3 Å². The molecule has 0 aliphatic carbocycles. The van der Waals surface area contributed by atoms with Crippen LogP contribution in [0, 0.1) is 5.92 Å². The number of carbonyl (C=O) groups excluding carboxylic acids is 3. The zero-order valence-corrected chi connectivity index (χ0v) is 13.2. The van der Waals surface area contributed by atoms with Crippen LogP contribution in [0.5, 0.6) is 0 Å². The highest BCUT2D eigenvalue weighted by atomic mass is 16.5. The first-order valence-corrected chi connectivity index (χ1v) is 7.53. The Kier molecular flexibility index (Phi) is 7.89. The Bertz CT molecular complexity index is 460. The van der Waals surface area contributed by atoms with Crippen molar-refractivity contribution in [3.8, 4) is 0 Å². The third kappa shape index (κ3) is 5.31. The Balaban J connectivity index is 0.000000335. The van der Waals surface area contributed by atoms with E-state index in [1.54, 1.807) is 0 Å². The Morgan fingerprint density at radius 3 is 2.14 bits per heavy atom. The van der Waals surface area contributed by atoms with Crippen molar-refractivity contribution >= 4 is 17.8 Å². The van der Waals surface area contributed by atoms with Crippen molar-refractivity contribution in [2.75, 3.05) is 13.7 Å². The molecule has 1 fully saturated rings. The van der Waals surface area contributed by atoms with Crippen molar-refractivity contribution in [2.45, 2.75) is 32.6 Å². The standard InChI is InChI=1S/C11H17NO4.C6H6/c1-3-4-5-6-12-9(13)7-8(10(12)14)11(15)16-2;1-2-4-6-5-3-1/h8H,3-7H2,1-2H3;1-6H. The first-order chi connectivity index (χ1) is 10.6. The quantitative estimate of drug-likeness (QED) is 0.363. The molecule has 22 heavy (non-hydrogen) atoms. The molecule has 1 aliphatic heterocycles. The highest BCUT2D eigenvalue weighted by molar-refractivity contribution is 6.12. The topological polar surface area (TPSA) is 63.7 Å². The fourth-order valence-corrected chi connectivity index (χ4v) is 2.15. The first kappa shape index (κ1) is 17.9. The minimum Gasteiger partial charge on any atom is -0.468 e. The van der Waals surface area contributed by atoms with E-state index in [1.807, 2.05) is 43.3 Å². The van der Waals surface area contributed by atoms with Crippen LogP contribution in [0.2, 0.25) is 0 Å². The molecule has 5 nitrogen and oxygen atoms in total. The summed E-state index contributed by atoms with van der Waals surface area (Å²) >= 11 is 0. The van der Waals surface area contributed by atoms with Gasteiger partial charge in [-0.3, -0.25) is 19.3 Å². The van der Waals surface area contributed by atoms with Gasteiger partial charge in [-0.15, -0.1) is 0 Å². The fourth-order valence-electron chi connectivity index (χ4n) is 2.15. The number of benzene rings is 1. The summed E-state index contributed by atoms with van der Waals surface area (Å²) in [6, 6.07) is 12.0. The third-order valence-corrected chi connectivity index (χ3v) is 3.38. The zero-order chi connectivity index (χ0) is 16.4. The fraction of sp³-hybridized carbons (Fsp3) is 0.471. The molecule has 0 bridgehead atoms. The lowest BCUT2D eigenvalue weighted by molar-refractivity contribution is -0.150. The summed E-state index contributed by atoms with van der Waals surface area (Å²) in [7, 11) is 1.22. The van der Waals surface area contributed by atoms with E-state index < -0.39 is 17.8 Å². The second kappa shape index (κ2) is 9.71. The second-order valence-corrected chi connectivity index (χ2v) is 5.03. The maximum absolute atomic E-state index is 11.7. The lowest BCUT2D eigenvalue weighted by atomic mass is 10.1. The number of nitrogens with zero attached hydrogens (tertiary/aromatic N) is 1. The Morgan fingerprint density at radius 1 is 1.14 bits per heavy atom. The molecule has 1 aromatic carbocycles. The number of hydrogen-bond acceptors (Lipinski definition) is 4. The summed E-state index contributed by atoms with van der Waals surface area (Å²) in [5, 5.41) is 0. The van der Waals surface area contributed by atoms with Crippen LogP contribution in [0.15, 0.2) is 36.4 Å². The summed E-state index contributed by atoms with van der Waals surface area (Å²) < 4.78 is 4.49. The molecule has 1 heterocycles. The summed E-state index contributed by atoms with van der Waals surface area (Å²) in [6.07, 6.45) is 2.75. The monoisotopic (exact) mass is 305 g/mol. The van der Waals surface area contributed by atoms with Gasteiger partial charge in [-0.1, -0.05) is 56.2 Å². The SMILES string of the molecule is CCCCCN1C(=O)CC(C(=O)OC)C1=O.c1ccccc1. The number of hydrogen-bond donors (Lipinski definition) is 0. The van der Waals surface area contributed by atoms with Gasteiger partial charge < -0.3 is 4.74 Å². The van der Waals surface area contributed by atoms with Gasteiger partial charge in [0.05, 0.1) is 7.11 Å². The van der Waals surface area contributed by atoms with Gasteiger partial charge in [0, 0.05) is 13.0 Å². The van der Waals surface area contributed by atoms with E-state index in [-0.39, 0.29) is 12.3 Å². The minimum atomic E-state index is -0.917. The molecular formula is C17H23NO4. The number of ether oxygens (including phenoxy) is 1. The van der Waals surface area contributed by atoms with Gasteiger partial charge in [0.1, 0.15) is 5.92 Å². The molecule has 1 saturated heterocycles. The van der Waals surface area contributed by atoms with E-state index in [2.05, 4.69) is 4.74 Å². The van der Waals surface area contributed by atoms with Crippen LogP contribution in [0.3, 0.4) is 0 Å². The highest BCUT2D eigenvalue weighted by Crippen LogP contribution is 2.21. The van der Waals surface area contributed by atoms with Crippen molar-refractivity contribution in [2.24, 2.45) is 5.92 Å². The Hall–Kier alpha value is -2.17. The van der Waals surface area contributed by atoms with Crippen molar-refractivity contribution in [1.82, 2.24) is 4.90 Å². The number of methoxy groups -OCH3 is 1. The molecule has 1 atom stereocenters. The van der Waals surface area contributed by atoms with Crippen LogP contribution in [0.25, 0.3) is 0 Å². The van der Waals surface area contributed by atoms with E-state index in [0.29, 0.717) is 6.54 Å². The molecule has 2 amide bonds. The van der Waals surface area contributed by atoms with Crippen molar-refractivity contribution in [3.05, 3.63) is 36.4 Å². The molecule has 0 saturated carbocycles. The Labute approximate surface area is 131 Å². The van der Waals surface area contributed by atoms with Crippen LogP contribution >= 0.6 is 0 Å². The summed E-state index contributed by atoms with van der Waals surface area (Å²) in [5.41, 5.74) is 0. The summed E-state index contributed by atoms with van der Waals surface area (Å²) in [5.74, 6) is -2.21. The molecule has 120 valence electrons. The maximum atomic E-state index is 11.7. The van der Waals surface area contributed by atoms with Crippen LogP contribution in [0.1, 0.15) is 32.6 Å². The predicted octanol–water partition coefficient (Wildman–Crippen LogP) is 2.41. The van der Waals surface area contributed by atoms with E-state index in [4.69, 9.17) is 0 Å². The van der Waals surface area contributed by atoms with Gasteiger partial charge in [0.2, 0.25) is 11.8 Å². The number of unbranched alkanes of at least 4 members (excludes halogenated alkanes) is 2. The molecule has 1 aromatic rings. The summed E-state index contributed by atoms with van der Waals surface area (Å²) in [6.45, 7) is 2.46. The van der Waals surface area contributed by atoms with Gasteiger partial charge in [-0.25, -0.2) is 0 Å². The van der Waals surface area contributed by atoms with Gasteiger partial charge in [-0.2, -0.15) is 0 Å². The van der Waals surface area contributed by atoms with Gasteiger partial charge in [0.25, 0.3) is 0 Å². The molecule has 0 spiro atoms. The molecule has 0 aromatic heterocycles. The van der Waals surface area contributed by atoms with Crippen molar-refractivity contribution < 1.29 is 19.1 Å². The normalized spacial score (nSPS) is 17.0. The number of esters is 1. The number of rotatable bonds is 5. The average Bonchev–Trinajstić information content (AvgIpc) is 2.84. The number of amides is 2. The molecule has 1 unspecified atom stereocenters. The van der Waals surface area contributed by atoms with E-state index >= 15 is 0 Å².